The highest BCUT2D eigenvalue weighted by Gasteiger charge is 2.24. The Kier molecular flexibility index (Phi) is 4.55. The minimum Gasteiger partial charge on any atom is -0.395 e. The number of hydrogen-bond acceptors (Lipinski definition) is 6. The number of aromatic amines is 1. The number of β-amino-alcohol motifs (C(OH)–C–C–N with tert-alkyl or cyclic N) is 1. The fourth-order valence-electron chi connectivity index (χ4n) is 3.97. The first-order valence-corrected chi connectivity index (χ1v) is 10.1. The number of carbonyl (C=O) groups excluding carboxylic acids is 1. The van der Waals surface area contributed by atoms with Crippen molar-refractivity contribution in [3.8, 4) is 0 Å². The molecule has 1 aromatic carbocycles. The average Bonchev–Trinajstić information content (AvgIpc) is 3.16. The van der Waals surface area contributed by atoms with E-state index in [1.165, 1.54) is 19.3 Å². The topological polar surface area (TPSA) is 106 Å². The molecule has 0 saturated heterocycles. The molecule has 2 aromatic heterocycles. The lowest BCUT2D eigenvalue weighted by Gasteiger charge is -2.29. The predicted molar refractivity (Wildman–Crippen MR) is 113 cm³/mol. The average molecular weight is 392 g/mol. The highest BCUT2D eigenvalue weighted by molar-refractivity contribution is 5.97. The molecule has 8 nitrogen and oxygen atoms in total. The molecule has 1 saturated carbocycles. The van der Waals surface area contributed by atoms with Gasteiger partial charge in [0, 0.05) is 36.6 Å². The van der Waals surface area contributed by atoms with E-state index in [0.717, 1.165) is 33.8 Å². The smallest absolute Gasteiger partial charge is 0.231 e. The first-order valence-electron chi connectivity index (χ1n) is 10.1. The highest BCUT2D eigenvalue weighted by Crippen LogP contribution is 2.32. The van der Waals surface area contributed by atoms with Gasteiger partial charge in [0.2, 0.25) is 11.9 Å². The number of aromatic nitrogens is 3. The van der Waals surface area contributed by atoms with Crippen LogP contribution in [0.5, 0.6) is 0 Å². The second-order valence-corrected chi connectivity index (χ2v) is 7.65. The molecule has 5 rings (SSSR count). The summed E-state index contributed by atoms with van der Waals surface area (Å²) in [7, 11) is 0. The van der Waals surface area contributed by atoms with E-state index in [0.29, 0.717) is 31.4 Å². The molecule has 4 N–H and O–H groups in total. The van der Waals surface area contributed by atoms with Crippen LogP contribution in [-0.4, -0.2) is 45.2 Å². The van der Waals surface area contributed by atoms with Crippen molar-refractivity contribution in [2.45, 2.75) is 38.1 Å². The molecule has 8 heteroatoms. The number of aliphatic hydroxyl groups excluding tert-OH is 1. The molecule has 0 unspecified atom stereocenters. The molecule has 0 radical (unpaired) electrons. The van der Waals surface area contributed by atoms with Crippen LogP contribution in [0, 0.1) is 0 Å². The second kappa shape index (κ2) is 7.36. The van der Waals surface area contributed by atoms with Crippen LogP contribution in [0.15, 0.2) is 30.5 Å². The summed E-state index contributed by atoms with van der Waals surface area (Å²) in [6, 6.07) is 8.35. The second-order valence-electron chi connectivity index (χ2n) is 7.65. The number of fused-ring (bicyclic) bond motifs is 2. The normalized spacial score (nSPS) is 16.6. The Morgan fingerprint density at radius 2 is 2.10 bits per heavy atom. The van der Waals surface area contributed by atoms with Crippen molar-refractivity contribution < 1.29 is 9.90 Å². The standard InChI is InChI=1S/C21H24N6O2/c28-11-10-27-17-6-5-15(12-13(17)4-7-18(27)29)24-21-25-19-16(8-9-22-19)20(26-21)23-14-2-1-3-14/h5-6,8-9,12,14,28H,1-4,7,10-11H2,(H3,22,23,24,25,26). The maximum atomic E-state index is 12.1. The molecule has 3 aromatic rings. The number of anilines is 4. The Labute approximate surface area is 168 Å². The number of carbonyl (C=O) groups is 1. The van der Waals surface area contributed by atoms with Gasteiger partial charge in [0.15, 0.2) is 0 Å². The molecule has 150 valence electrons. The van der Waals surface area contributed by atoms with Crippen molar-refractivity contribution in [1.29, 1.82) is 0 Å². The van der Waals surface area contributed by atoms with Crippen LogP contribution in [0.4, 0.5) is 23.1 Å². The SMILES string of the molecule is O=C1CCc2cc(Nc3nc(NC4CCC4)c4cc[nH]c4n3)ccc2N1CCO. The van der Waals surface area contributed by atoms with Crippen molar-refractivity contribution >= 4 is 40.1 Å². The van der Waals surface area contributed by atoms with Gasteiger partial charge in [-0.25, -0.2) is 0 Å². The number of benzene rings is 1. The molecule has 3 heterocycles. The lowest BCUT2D eigenvalue weighted by molar-refractivity contribution is -0.119. The zero-order valence-electron chi connectivity index (χ0n) is 16.1. The number of nitrogens with zero attached hydrogens (tertiary/aromatic N) is 3. The van der Waals surface area contributed by atoms with Crippen LogP contribution in [0.3, 0.4) is 0 Å². The summed E-state index contributed by atoms with van der Waals surface area (Å²) < 4.78 is 0. The Morgan fingerprint density at radius 1 is 1.21 bits per heavy atom. The van der Waals surface area contributed by atoms with Crippen LogP contribution < -0.4 is 15.5 Å². The number of H-pyrrole nitrogens is 1. The third-order valence-corrected chi connectivity index (χ3v) is 5.72. The van der Waals surface area contributed by atoms with E-state index in [1.807, 2.05) is 30.5 Å². The van der Waals surface area contributed by atoms with Gasteiger partial charge in [-0.2, -0.15) is 9.97 Å². The van der Waals surface area contributed by atoms with Crippen molar-refractivity contribution in [1.82, 2.24) is 15.0 Å². The van der Waals surface area contributed by atoms with Gasteiger partial charge in [0.1, 0.15) is 11.5 Å². The van der Waals surface area contributed by atoms with E-state index < -0.39 is 0 Å². The van der Waals surface area contributed by atoms with Crippen LogP contribution in [0.2, 0.25) is 0 Å². The Balaban J connectivity index is 1.43. The number of amides is 1. The Bertz CT molecular complexity index is 1060. The first-order chi connectivity index (χ1) is 14.2. The van der Waals surface area contributed by atoms with Crippen molar-refractivity contribution in [3.63, 3.8) is 0 Å². The number of rotatable bonds is 6. The maximum absolute atomic E-state index is 12.1. The number of nitrogens with one attached hydrogen (secondary N) is 3. The summed E-state index contributed by atoms with van der Waals surface area (Å²) in [5.41, 5.74) is 3.62. The molecule has 1 fully saturated rings. The molecule has 0 spiro atoms. The largest absolute Gasteiger partial charge is 0.395 e. The monoisotopic (exact) mass is 392 g/mol. The Hall–Kier alpha value is -3.13. The molecule has 2 aliphatic rings. The van der Waals surface area contributed by atoms with E-state index in [4.69, 9.17) is 4.98 Å². The van der Waals surface area contributed by atoms with Gasteiger partial charge in [-0.1, -0.05) is 0 Å². The lowest BCUT2D eigenvalue weighted by atomic mass is 9.93. The minimum absolute atomic E-state index is 0.0496. The van der Waals surface area contributed by atoms with E-state index in [1.54, 1.807) is 4.90 Å². The van der Waals surface area contributed by atoms with Crippen LogP contribution in [0.25, 0.3) is 11.0 Å². The molecule has 0 atom stereocenters. The van der Waals surface area contributed by atoms with Gasteiger partial charge in [0.05, 0.1) is 12.0 Å². The van der Waals surface area contributed by atoms with Crippen molar-refractivity contribution in [2.24, 2.45) is 0 Å². The molecule has 0 bridgehead atoms. The molecule has 1 amide bonds. The van der Waals surface area contributed by atoms with Crippen LogP contribution in [0.1, 0.15) is 31.2 Å². The third-order valence-electron chi connectivity index (χ3n) is 5.72. The molecular weight excluding hydrogens is 368 g/mol. The summed E-state index contributed by atoms with van der Waals surface area (Å²) in [5.74, 6) is 1.43. The Morgan fingerprint density at radius 3 is 2.90 bits per heavy atom. The lowest BCUT2D eigenvalue weighted by Crippen LogP contribution is -2.37. The predicted octanol–water partition coefficient (Wildman–Crippen LogP) is 2.94. The third kappa shape index (κ3) is 3.40. The van der Waals surface area contributed by atoms with Crippen molar-refractivity contribution in [2.75, 3.05) is 28.7 Å². The number of aliphatic hydroxyl groups is 1. The van der Waals surface area contributed by atoms with Gasteiger partial charge in [-0.05, 0) is 55.5 Å². The number of aryl methyl sites for hydroxylation is 1. The highest BCUT2D eigenvalue weighted by atomic mass is 16.3. The van der Waals surface area contributed by atoms with Gasteiger partial charge < -0.3 is 25.6 Å². The molecule has 1 aliphatic carbocycles. The zero-order chi connectivity index (χ0) is 19.8. The van der Waals surface area contributed by atoms with Crippen LogP contribution in [-0.2, 0) is 11.2 Å². The maximum Gasteiger partial charge on any atom is 0.231 e. The van der Waals surface area contributed by atoms with E-state index in [-0.39, 0.29) is 12.5 Å². The summed E-state index contributed by atoms with van der Waals surface area (Å²) in [6.07, 6.45) is 6.63. The molecule has 1 aliphatic heterocycles. The fraction of sp³-hybridized carbons (Fsp3) is 0.381. The summed E-state index contributed by atoms with van der Waals surface area (Å²) in [6.45, 7) is 0.271. The van der Waals surface area contributed by atoms with Gasteiger partial charge in [-0.15, -0.1) is 0 Å². The van der Waals surface area contributed by atoms with E-state index in [9.17, 15) is 9.90 Å². The fourth-order valence-corrected chi connectivity index (χ4v) is 3.97. The minimum atomic E-state index is -0.0496. The van der Waals surface area contributed by atoms with Gasteiger partial charge in [0.25, 0.3) is 0 Å². The summed E-state index contributed by atoms with van der Waals surface area (Å²) in [5, 5.41) is 17.1. The quantitative estimate of drug-likeness (QED) is 0.514. The first kappa shape index (κ1) is 17.9. The van der Waals surface area contributed by atoms with Gasteiger partial charge in [-0.3, -0.25) is 4.79 Å². The number of hydrogen-bond donors (Lipinski definition) is 4. The van der Waals surface area contributed by atoms with E-state index in [2.05, 4.69) is 20.6 Å². The molecular formula is C21H24N6O2. The van der Waals surface area contributed by atoms with Gasteiger partial charge >= 0.3 is 0 Å². The molecule has 29 heavy (non-hydrogen) atoms. The van der Waals surface area contributed by atoms with Crippen LogP contribution >= 0.6 is 0 Å². The summed E-state index contributed by atoms with van der Waals surface area (Å²) in [4.78, 5) is 26.3. The summed E-state index contributed by atoms with van der Waals surface area (Å²) >= 11 is 0. The van der Waals surface area contributed by atoms with E-state index >= 15 is 0 Å². The zero-order valence-corrected chi connectivity index (χ0v) is 16.1. The van der Waals surface area contributed by atoms with Crippen molar-refractivity contribution in [3.05, 3.63) is 36.0 Å².